The first-order valence-electron chi connectivity index (χ1n) is 13.5. The fourth-order valence-electron chi connectivity index (χ4n) is 6.10. The molecule has 0 saturated carbocycles. The van der Waals surface area contributed by atoms with E-state index in [2.05, 4.69) is 12.2 Å². The lowest BCUT2D eigenvalue weighted by atomic mass is 9.86. The molecule has 1 N–H and O–H groups in total. The number of methoxy groups -OCH3 is 1. The zero-order valence-electron chi connectivity index (χ0n) is 23.4. The number of fused-ring (bicyclic) bond motifs is 4. The molecule has 6 rings (SSSR count). The predicted octanol–water partition coefficient (Wildman–Crippen LogP) is 6.83. The van der Waals surface area contributed by atoms with Gasteiger partial charge in [-0.25, -0.2) is 4.98 Å². The molecule has 1 aromatic heterocycles. The van der Waals surface area contributed by atoms with Crippen LogP contribution >= 0.6 is 11.6 Å². The van der Waals surface area contributed by atoms with E-state index in [1.807, 2.05) is 74.7 Å². The summed E-state index contributed by atoms with van der Waals surface area (Å²) in [5.41, 5.74) is 4.99. The van der Waals surface area contributed by atoms with Crippen molar-refractivity contribution in [1.29, 1.82) is 0 Å². The van der Waals surface area contributed by atoms with Gasteiger partial charge in [0, 0.05) is 28.0 Å². The van der Waals surface area contributed by atoms with Crippen LogP contribution in [0.5, 0.6) is 5.75 Å². The molecule has 0 aliphatic carbocycles. The molecule has 7 nitrogen and oxygen atoms in total. The Kier molecular flexibility index (Phi) is 6.04. The van der Waals surface area contributed by atoms with Gasteiger partial charge in [0.05, 0.1) is 18.4 Å². The van der Waals surface area contributed by atoms with Crippen molar-refractivity contribution >= 4 is 34.8 Å². The molecule has 8 heteroatoms. The Balaban J connectivity index is 1.73. The lowest BCUT2D eigenvalue weighted by Crippen LogP contribution is -2.51. The molecule has 3 aromatic carbocycles. The third kappa shape index (κ3) is 3.47. The number of aryl methyl sites for hydroxylation is 3. The molecule has 0 bridgehead atoms. The van der Waals surface area contributed by atoms with Crippen LogP contribution in [0.3, 0.4) is 0 Å². The van der Waals surface area contributed by atoms with Crippen LogP contribution in [0.25, 0.3) is 11.4 Å². The van der Waals surface area contributed by atoms with Crippen molar-refractivity contribution in [2.24, 2.45) is 0 Å². The number of hydrogen-bond acceptors (Lipinski definition) is 4. The SMILES string of the molecule is CCc1ccc(-c2nc3c(n2C(C)C)C2(C(=O)Nc4cc(Cl)ccc42)N(c2cc(C)ccc2C)C3=O)c(OC)c1. The van der Waals surface area contributed by atoms with Gasteiger partial charge in [0.25, 0.3) is 11.8 Å². The third-order valence-electron chi connectivity index (χ3n) is 7.98. The standard InChI is InChI=1S/C32H31ClN4O3/c1-7-20-10-12-22(26(15-20)40-6)29-35-27-28(36(29)17(2)3)32(23-13-11-21(33)16-24(23)34-31(32)39)37(30(27)38)25-14-18(4)8-9-19(25)5/h8-17H,7H2,1-6H3,(H,34,39). The Bertz CT molecular complexity index is 1720. The van der Waals surface area contributed by atoms with Crippen LogP contribution in [-0.2, 0) is 16.8 Å². The Morgan fingerprint density at radius 2 is 1.82 bits per heavy atom. The molecule has 4 aromatic rings. The second kappa shape index (κ2) is 9.24. The molecule has 0 fully saturated rings. The summed E-state index contributed by atoms with van der Waals surface area (Å²) in [7, 11) is 1.63. The van der Waals surface area contributed by atoms with Crippen LogP contribution in [-0.4, -0.2) is 28.5 Å². The van der Waals surface area contributed by atoms with Gasteiger partial charge < -0.3 is 14.6 Å². The second-order valence-electron chi connectivity index (χ2n) is 10.8. The number of nitrogens with zero attached hydrogens (tertiary/aromatic N) is 3. The summed E-state index contributed by atoms with van der Waals surface area (Å²) in [4.78, 5) is 35.5. The second-order valence-corrected chi connectivity index (χ2v) is 11.2. The van der Waals surface area contributed by atoms with E-state index in [-0.39, 0.29) is 23.6 Å². The van der Waals surface area contributed by atoms with Gasteiger partial charge in [-0.1, -0.05) is 42.8 Å². The molecule has 1 spiro atoms. The van der Waals surface area contributed by atoms with Crippen LogP contribution < -0.4 is 15.0 Å². The molecule has 2 aliphatic heterocycles. The first kappa shape index (κ1) is 26.1. The number of hydrogen-bond donors (Lipinski definition) is 1. The quantitative estimate of drug-likeness (QED) is 0.293. The highest BCUT2D eigenvalue weighted by Crippen LogP contribution is 2.55. The van der Waals surface area contributed by atoms with E-state index in [9.17, 15) is 9.59 Å². The van der Waals surface area contributed by atoms with Gasteiger partial charge in [0.2, 0.25) is 0 Å². The van der Waals surface area contributed by atoms with E-state index in [0.717, 1.165) is 28.7 Å². The summed E-state index contributed by atoms with van der Waals surface area (Å²) in [6, 6.07) is 17.1. The van der Waals surface area contributed by atoms with Crippen molar-refractivity contribution in [1.82, 2.24) is 9.55 Å². The number of rotatable bonds is 5. The maximum absolute atomic E-state index is 14.5. The molecule has 40 heavy (non-hydrogen) atoms. The number of aromatic nitrogens is 2. The van der Waals surface area contributed by atoms with Crippen molar-refractivity contribution in [2.75, 3.05) is 17.3 Å². The van der Waals surface area contributed by atoms with Gasteiger partial charge in [-0.15, -0.1) is 0 Å². The monoisotopic (exact) mass is 554 g/mol. The molecular formula is C32H31ClN4O3. The summed E-state index contributed by atoms with van der Waals surface area (Å²) < 4.78 is 7.81. The van der Waals surface area contributed by atoms with Gasteiger partial charge in [-0.2, -0.15) is 0 Å². The lowest BCUT2D eigenvalue weighted by Gasteiger charge is -2.36. The molecule has 204 valence electrons. The Morgan fingerprint density at radius 1 is 1.05 bits per heavy atom. The number of amides is 2. The smallest absolute Gasteiger partial charge is 0.280 e. The number of benzene rings is 3. The van der Waals surface area contributed by atoms with E-state index < -0.39 is 5.54 Å². The van der Waals surface area contributed by atoms with Crippen molar-refractivity contribution in [3.8, 4) is 17.1 Å². The summed E-state index contributed by atoms with van der Waals surface area (Å²) >= 11 is 6.36. The maximum atomic E-state index is 14.5. The summed E-state index contributed by atoms with van der Waals surface area (Å²) in [5, 5.41) is 3.53. The fraction of sp³-hybridized carbons (Fsp3) is 0.281. The lowest BCUT2D eigenvalue weighted by molar-refractivity contribution is -0.119. The fourth-order valence-corrected chi connectivity index (χ4v) is 6.27. The van der Waals surface area contributed by atoms with Gasteiger partial charge in [-0.3, -0.25) is 14.5 Å². The molecular weight excluding hydrogens is 524 g/mol. The van der Waals surface area contributed by atoms with E-state index in [4.69, 9.17) is 21.3 Å². The predicted molar refractivity (Wildman–Crippen MR) is 158 cm³/mol. The van der Waals surface area contributed by atoms with Crippen LogP contribution in [0, 0.1) is 13.8 Å². The third-order valence-corrected chi connectivity index (χ3v) is 8.22. The molecule has 0 saturated heterocycles. The summed E-state index contributed by atoms with van der Waals surface area (Å²) in [6.45, 7) is 10.1. The number of carbonyl (C=O) groups excluding carboxylic acids is 2. The summed E-state index contributed by atoms with van der Waals surface area (Å²) in [5.74, 6) is 0.606. The van der Waals surface area contributed by atoms with Crippen molar-refractivity contribution in [3.05, 3.63) is 93.3 Å². The minimum Gasteiger partial charge on any atom is -0.496 e. The molecule has 2 amide bonds. The molecule has 0 radical (unpaired) electrons. The van der Waals surface area contributed by atoms with E-state index >= 15 is 0 Å². The minimum absolute atomic E-state index is 0.130. The normalized spacial score (nSPS) is 17.6. The van der Waals surface area contributed by atoms with Crippen LogP contribution in [0.2, 0.25) is 5.02 Å². The van der Waals surface area contributed by atoms with Gasteiger partial charge in [0.1, 0.15) is 11.6 Å². The topological polar surface area (TPSA) is 76.5 Å². The van der Waals surface area contributed by atoms with Gasteiger partial charge >= 0.3 is 0 Å². The van der Waals surface area contributed by atoms with Gasteiger partial charge in [0.15, 0.2) is 11.2 Å². The number of halogens is 1. The molecule has 1 atom stereocenters. The van der Waals surface area contributed by atoms with Crippen molar-refractivity contribution in [3.63, 3.8) is 0 Å². The number of imidazole rings is 1. The Labute approximate surface area is 238 Å². The van der Waals surface area contributed by atoms with E-state index in [1.54, 1.807) is 24.1 Å². The number of carbonyl (C=O) groups is 2. The Morgan fingerprint density at radius 3 is 2.52 bits per heavy atom. The van der Waals surface area contributed by atoms with E-state index in [1.165, 1.54) is 0 Å². The van der Waals surface area contributed by atoms with Crippen molar-refractivity contribution < 1.29 is 14.3 Å². The molecule has 2 aliphatic rings. The largest absolute Gasteiger partial charge is 0.496 e. The van der Waals surface area contributed by atoms with E-state index in [0.29, 0.717) is 39.2 Å². The Hall–Kier alpha value is -4.10. The number of anilines is 2. The maximum Gasteiger partial charge on any atom is 0.280 e. The van der Waals surface area contributed by atoms with Crippen LogP contribution in [0.1, 0.15) is 65.2 Å². The minimum atomic E-state index is -1.48. The van der Waals surface area contributed by atoms with Gasteiger partial charge in [-0.05, 0) is 81.1 Å². The van der Waals surface area contributed by atoms with Crippen LogP contribution in [0.4, 0.5) is 11.4 Å². The molecule has 1 unspecified atom stereocenters. The van der Waals surface area contributed by atoms with Crippen LogP contribution in [0.15, 0.2) is 54.6 Å². The first-order valence-corrected chi connectivity index (χ1v) is 13.8. The zero-order valence-corrected chi connectivity index (χ0v) is 24.2. The zero-order chi connectivity index (χ0) is 28.5. The van der Waals surface area contributed by atoms with Crippen molar-refractivity contribution in [2.45, 2.75) is 52.6 Å². The first-order chi connectivity index (χ1) is 19.1. The highest BCUT2D eigenvalue weighted by molar-refractivity contribution is 6.31. The molecule has 3 heterocycles. The average molecular weight is 555 g/mol. The highest BCUT2D eigenvalue weighted by atomic mass is 35.5. The average Bonchev–Trinajstić information content (AvgIpc) is 3.53. The number of ether oxygens (including phenoxy) is 1. The summed E-state index contributed by atoms with van der Waals surface area (Å²) in [6.07, 6.45) is 0.859. The number of nitrogens with one attached hydrogen (secondary N) is 1. The highest BCUT2D eigenvalue weighted by Gasteiger charge is 2.64.